The van der Waals surface area contributed by atoms with Gasteiger partial charge >= 0.3 is 0 Å². The monoisotopic (exact) mass is 401 g/mol. The standard InChI is InChI=1S/C27H47NO/c1-17(2)7-6-8-18(3)21-11-12-22-20-10-9-19-15-25(29)24(28)16-27(19,5)23(20)13-14-26(21,22)4/h17-24H,6-16,28H2,1-5H3/t18-,19+,20+,21-,22+,23+,24-,26-,27+/m1/s1. The Hall–Kier alpha value is -0.370. The third-order valence-electron chi connectivity index (χ3n) is 10.8. The molecule has 0 spiro atoms. The quantitative estimate of drug-likeness (QED) is 0.563. The molecule has 4 rings (SSSR count). The van der Waals surface area contributed by atoms with Gasteiger partial charge in [-0.25, -0.2) is 0 Å². The van der Waals surface area contributed by atoms with E-state index in [0.29, 0.717) is 22.5 Å². The molecule has 0 saturated heterocycles. The molecule has 0 aromatic carbocycles. The Morgan fingerprint density at radius 3 is 2.41 bits per heavy atom. The molecule has 29 heavy (non-hydrogen) atoms. The lowest BCUT2D eigenvalue weighted by molar-refractivity contribution is -0.143. The molecule has 0 aromatic heterocycles. The van der Waals surface area contributed by atoms with Crippen LogP contribution in [0.4, 0.5) is 0 Å². The summed E-state index contributed by atoms with van der Waals surface area (Å²) < 4.78 is 0. The van der Waals surface area contributed by atoms with Gasteiger partial charge in [-0.1, -0.05) is 53.9 Å². The highest BCUT2D eigenvalue weighted by Crippen LogP contribution is 2.68. The maximum absolute atomic E-state index is 12.3. The van der Waals surface area contributed by atoms with Crippen molar-refractivity contribution in [1.29, 1.82) is 0 Å². The van der Waals surface area contributed by atoms with E-state index >= 15 is 0 Å². The lowest BCUT2D eigenvalue weighted by Crippen LogP contribution is -2.57. The van der Waals surface area contributed by atoms with Gasteiger partial charge in [0.15, 0.2) is 0 Å². The van der Waals surface area contributed by atoms with Crippen LogP contribution in [0.2, 0.25) is 0 Å². The molecule has 4 aliphatic carbocycles. The van der Waals surface area contributed by atoms with Crippen molar-refractivity contribution in [3.8, 4) is 0 Å². The number of carbonyl (C=O) groups excluding carboxylic acids is 1. The fourth-order valence-electron chi connectivity index (χ4n) is 9.19. The molecule has 0 heterocycles. The van der Waals surface area contributed by atoms with Gasteiger partial charge in [0.25, 0.3) is 0 Å². The van der Waals surface area contributed by atoms with Crippen molar-refractivity contribution in [1.82, 2.24) is 0 Å². The normalized spacial score (nSPS) is 48.2. The van der Waals surface area contributed by atoms with Crippen molar-refractivity contribution in [3.63, 3.8) is 0 Å². The first-order valence-corrected chi connectivity index (χ1v) is 12.9. The fourth-order valence-corrected chi connectivity index (χ4v) is 9.19. The number of fused-ring (bicyclic) bond motifs is 5. The summed E-state index contributed by atoms with van der Waals surface area (Å²) in [6.45, 7) is 12.5. The number of rotatable bonds is 5. The molecule has 0 radical (unpaired) electrons. The predicted octanol–water partition coefficient (Wildman–Crippen LogP) is 6.61. The molecule has 0 unspecified atom stereocenters. The summed E-state index contributed by atoms with van der Waals surface area (Å²) in [7, 11) is 0. The minimum Gasteiger partial charge on any atom is -0.321 e. The Morgan fingerprint density at radius 2 is 1.69 bits per heavy atom. The molecule has 4 fully saturated rings. The van der Waals surface area contributed by atoms with Gasteiger partial charge in [0.05, 0.1) is 6.04 Å². The highest BCUT2D eigenvalue weighted by molar-refractivity contribution is 5.85. The van der Waals surface area contributed by atoms with Crippen molar-refractivity contribution in [3.05, 3.63) is 0 Å². The molecule has 2 heteroatoms. The van der Waals surface area contributed by atoms with E-state index in [1.165, 1.54) is 57.8 Å². The topological polar surface area (TPSA) is 43.1 Å². The zero-order valence-electron chi connectivity index (χ0n) is 19.9. The van der Waals surface area contributed by atoms with Crippen LogP contribution in [0.3, 0.4) is 0 Å². The van der Waals surface area contributed by atoms with Gasteiger partial charge in [-0.05, 0) is 97.2 Å². The SMILES string of the molecule is CC(C)CCC[C@@H](C)[C@H]1CC[C@H]2[C@@H]3CC[C@H]4CC(=O)[C@H](N)C[C@]4(C)[C@H]3CC[C@]12C. The van der Waals surface area contributed by atoms with Crippen LogP contribution in [-0.2, 0) is 4.79 Å². The average Bonchev–Trinajstić information content (AvgIpc) is 3.00. The fraction of sp³-hybridized carbons (Fsp3) is 0.963. The Kier molecular flexibility index (Phi) is 5.99. The molecule has 0 amide bonds. The highest BCUT2D eigenvalue weighted by Gasteiger charge is 2.61. The zero-order valence-corrected chi connectivity index (χ0v) is 19.9. The van der Waals surface area contributed by atoms with Crippen molar-refractivity contribution in [2.24, 2.45) is 58.0 Å². The first-order valence-electron chi connectivity index (χ1n) is 12.9. The second kappa shape index (κ2) is 7.95. The number of hydrogen-bond donors (Lipinski definition) is 1. The summed E-state index contributed by atoms with van der Waals surface area (Å²) in [5.41, 5.74) is 7.19. The van der Waals surface area contributed by atoms with E-state index in [4.69, 9.17) is 5.73 Å². The van der Waals surface area contributed by atoms with E-state index in [1.54, 1.807) is 0 Å². The van der Waals surface area contributed by atoms with Gasteiger partial charge in [0, 0.05) is 6.42 Å². The van der Waals surface area contributed by atoms with Crippen LogP contribution in [-0.4, -0.2) is 11.8 Å². The second-order valence-electron chi connectivity index (χ2n) is 12.7. The molecule has 0 aromatic rings. The lowest BCUT2D eigenvalue weighted by Gasteiger charge is -2.61. The molecule has 4 aliphatic rings. The number of carbonyl (C=O) groups is 1. The van der Waals surface area contributed by atoms with Crippen LogP contribution >= 0.6 is 0 Å². The molecule has 0 bridgehead atoms. The van der Waals surface area contributed by atoms with E-state index in [1.807, 2.05) is 0 Å². The predicted molar refractivity (Wildman–Crippen MR) is 121 cm³/mol. The average molecular weight is 402 g/mol. The minimum atomic E-state index is -0.194. The summed E-state index contributed by atoms with van der Waals surface area (Å²) >= 11 is 0. The molecular weight excluding hydrogens is 354 g/mol. The number of hydrogen-bond acceptors (Lipinski definition) is 2. The highest BCUT2D eigenvalue weighted by atomic mass is 16.1. The van der Waals surface area contributed by atoms with Gasteiger partial charge in [0.1, 0.15) is 5.78 Å². The number of nitrogens with two attached hydrogens (primary N) is 1. The van der Waals surface area contributed by atoms with Gasteiger partial charge in [0.2, 0.25) is 0 Å². The largest absolute Gasteiger partial charge is 0.321 e. The first-order chi connectivity index (χ1) is 13.7. The van der Waals surface area contributed by atoms with Crippen molar-refractivity contribution < 1.29 is 4.79 Å². The number of Topliss-reactive ketones (excluding diaryl/α,β-unsaturated/α-hetero) is 1. The van der Waals surface area contributed by atoms with Gasteiger partial charge in [-0.3, -0.25) is 4.79 Å². The third kappa shape index (κ3) is 3.64. The zero-order chi connectivity index (χ0) is 21.0. The van der Waals surface area contributed by atoms with E-state index in [-0.39, 0.29) is 6.04 Å². The smallest absolute Gasteiger partial charge is 0.149 e. The lowest BCUT2D eigenvalue weighted by atomic mass is 9.44. The van der Waals surface area contributed by atoms with Crippen LogP contribution in [0.5, 0.6) is 0 Å². The maximum atomic E-state index is 12.3. The van der Waals surface area contributed by atoms with Crippen LogP contribution in [0.25, 0.3) is 0 Å². The third-order valence-corrected chi connectivity index (χ3v) is 10.8. The minimum absolute atomic E-state index is 0.194. The molecule has 2 N–H and O–H groups in total. The molecular formula is C27H47NO. The Balaban J connectivity index is 1.48. The Morgan fingerprint density at radius 1 is 0.966 bits per heavy atom. The Bertz CT molecular complexity index is 614. The van der Waals surface area contributed by atoms with Crippen LogP contribution in [0, 0.1) is 52.3 Å². The second-order valence-corrected chi connectivity index (χ2v) is 12.7. The first kappa shape index (κ1) is 21.8. The summed E-state index contributed by atoms with van der Waals surface area (Å²) in [4.78, 5) is 12.3. The van der Waals surface area contributed by atoms with E-state index in [0.717, 1.165) is 48.3 Å². The van der Waals surface area contributed by atoms with Crippen LogP contribution in [0.15, 0.2) is 0 Å². The molecule has 166 valence electrons. The summed E-state index contributed by atoms with van der Waals surface area (Å²) in [6, 6.07) is -0.194. The van der Waals surface area contributed by atoms with Crippen LogP contribution < -0.4 is 5.73 Å². The van der Waals surface area contributed by atoms with E-state index < -0.39 is 0 Å². The van der Waals surface area contributed by atoms with Crippen molar-refractivity contribution >= 4 is 5.78 Å². The maximum Gasteiger partial charge on any atom is 0.149 e. The van der Waals surface area contributed by atoms with Crippen LogP contribution in [0.1, 0.15) is 105 Å². The van der Waals surface area contributed by atoms with E-state index in [9.17, 15) is 4.79 Å². The molecule has 9 atom stereocenters. The van der Waals surface area contributed by atoms with Crippen molar-refractivity contribution in [2.45, 2.75) is 111 Å². The van der Waals surface area contributed by atoms with E-state index in [2.05, 4.69) is 34.6 Å². The van der Waals surface area contributed by atoms with Crippen molar-refractivity contribution in [2.75, 3.05) is 0 Å². The van der Waals surface area contributed by atoms with Gasteiger partial charge in [-0.2, -0.15) is 0 Å². The molecule has 2 nitrogen and oxygen atoms in total. The number of ketones is 1. The van der Waals surface area contributed by atoms with Gasteiger partial charge in [-0.15, -0.1) is 0 Å². The Labute approximate surface area is 180 Å². The summed E-state index contributed by atoms with van der Waals surface area (Å²) in [6.07, 6.45) is 14.3. The molecule has 4 saturated carbocycles. The summed E-state index contributed by atoms with van der Waals surface area (Å²) in [5, 5.41) is 0. The van der Waals surface area contributed by atoms with Gasteiger partial charge < -0.3 is 5.73 Å². The molecule has 0 aliphatic heterocycles. The summed E-state index contributed by atoms with van der Waals surface area (Å²) in [5.74, 6) is 6.22.